The summed E-state index contributed by atoms with van der Waals surface area (Å²) in [6.45, 7) is 4.74. The number of anilines is 2. The molecule has 3 aromatic rings. The van der Waals surface area contributed by atoms with Crippen molar-refractivity contribution in [1.29, 1.82) is 0 Å². The van der Waals surface area contributed by atoms with Crippen LogP contribution >= 0.6 is 11.6 Å². The van der Waals surface area contributed by atoms with Gasteiger partial charge < -0.3 is 24.8 Å². The number of pyridine rings is 1. The van der Waals surface area contributed by atoms with Crippen LogP contribution < -0.4 is 15.4 Å². The number of carbonyl (C=O) groups is 2. The minimum absolute atomic E-state index is 0.0571. The molecule has 1 aromatic heterocycles. The lowest BCUT2D eigenvalue weighted by Crippen LogP contribution is -2.45. The van der Waals surface area contributed by atoms with Crippen molar-refractivity contribution in [3.63, 3.8) is 0 Å². The van der Waals surface area contributed by atoms with Gasteiger partial charge in [-0.3, -0.25) is 9.69 Å². The average molecular weight is 611 g/mol. The number of nitrogens with zero attached hydrogens (tertiary/aromatic N) is 2. The van der Waals surface area contributed by atoms with Gasteiger partial charge in [-0.2, -0.15) is 0 Å². The molecule has 0 spiro atoms. The number of methoxy groups -OCH3 is 1. The first-order valence-electron chi connectivity index (χ1n) is 14.5. The molecule has 2 atom stereocenters. The fourth-order valence-corrected chi connectivity index (χ4v) is 5.39. The number of esters is 1. The fourth-order valence-electron chi connectivity index (χ4n) is 5.23. The molecule has 5 rings (SSSR count). The minimum Gasteiger partial charge on any atom is -0.473 e. The molecule has 228 valence electrons. The quantitative estimate of drug-likeness (QED) is 0.269. The van der Waals surface area contributed by atoms with E-state index >= 15 is 0 Å². The Kier molecular flexibility index (Phi) is 10.1. The summed E-state index contributed by atoms with van der Waals surface area (Å²) in [5.74, 6) is -0.330. The maximum absolute atomic E-state index is 14.1. The van der Waals surface area contributed by atoms with Crippen molar-refractivity contribution >= 4 is 34.9 Å². The Labute approximate surface area is 255 Å². The van der Waals surface area contributed by atoms with Gasteiger partial charge in [-0.05, 0) is 75.7 Å². The maximum Gasteiger partial charge on any atom is 0.337 e. The van der Waals surface area contributed by atoms with Crippen molar-refractivity contribution in [1.82, 2.24) is 9.88 Å². The highest BCUT2D eigenvalue weighted by Crippen LogP contribution is 2.30. The molecule has 0 saturated carbocycles. The molecule has 0 radical (unpaired) electrons. The van der Waals surface area contributed by atoms with Crippen LogP contribution in [0.1, 0.15) is 53.7 Å². The Morgan fingerprint density at radius 3 is 2.60 bits per heavy atom. The van der Waals surface area contributed by atoms with Crippen LogP contribution in [-0.2, 0) is 20.9 Å². The molecule has 9 nitrogen and oxygen atoms in total. The molecule has 2 saturated heterocycles. The summed E-state index contributed by atoms with van der Waals surface area (Å²) in [5, 5.41) is 6.68. The van der Waals surface area contributed by atoms with Gasteiger partial charge in [0.25, 0.3) is 0 Å². The first kappa shape index (κ1) is 30.7. The van der Waals surface area contributed by atoms with Crippen LogP contribution in [0.15, 0.2) is 54.6 Å². The van der Waals surface area contributed by atoms with Gasteiger partial charge in [-0.15, -0.1) is 0 Å². The SMILES string of the molecule is COC(=O)c1ccc(NC(=O)C(C)N2CCC(c3cccc(OCc4ccc(Cl)cc4F)n3)CC2)c(NCC2CCO2)c1. The molecular formula is C32H36ClFN4O5. The van der Waals surface area contributed by atoms with Crippen LogP contribution in [0.3, 0.4) is 0 Å². The number of carbonyl (C=O) groups excluding carboxylic acids is 2. The van der Waals surface area contributed by atoms with E-state index in [2.05, 4.69) is 20.5 Å². The van der Waals surface area contributed by atoms with E-state index in [1.54, 1.807) is 36.4 Å². The molecule has 2 aromatic carbocycles. The average Bonchev–Trinajstić information content (AvgIpc) is 3.00. The molecule has 3 heterocycles. The Balaban J connectivity index is 1.16. The van der Waals surface area contributed by atoms with Gasteiger partial charge in [0.15, 0.2) is 0 Å². The number of ether oxygens (including phenoxy) is 3. The number of rotatable bonds is 11. The smallest absolute Gasteiger partial charge is 0.337 e. The predicted octanol–water partition coefficient (Wildman–Crippen LogP) is 5.65. The van der Waals surface area contributed by atoms with Crippen molar-refractivity contribution < 1.29 is 28.2 Å². The van der Waals surface area contributed by atoms with Crippen LogP contribution in [-0.4, -0.2) is 67.3 Å². The van der Waals surface area contributed by atoms with Gasteiger partial charge in [0, 0.05) is 41.4 Å². The highest BCUT2D eigenvalue weighted by Gasteiger charge is 2.29. The van der Waals surface area contributed by atoms with E-state index in [0.29, 0.717) is 39.9 Å². The van der Waals surface area contributed by atoms with Gasteiger partial charge in [0.05, 0.1) is 36.2 Å². The third-order valence-corrected chi connectivity index (χ3v) is 8.26. The van der Waals surface area contributed by atoms with E-state index in [0.717, 1.165) is 44.7 Å². The summed E-state index contributed by atoms with van der Waals surface area (Å²) in [5.41, 5.74) is 2.96. The molecule has 11 heteroatoms. The molecule has 2 N–H and O–H groups in total. The fraction of sp³-hybridized carbons (Fsp3) is 0.406. The zero-order valence-electron chi connectivity index (χ0n) is 24.3. The largest absolute Gasteiger partial charge is 0.473 e. The molecule has 2 fully saturated rings. The molecule has 0 aliphatic carbocycles. The normalized spacial score (nSPS) is 17.9. The lowest BCUT2D eigenvalue weighted by atomic mass is 9.92. The summed E-state index contributed by atoms with van der Waals surface area (Å²) in [4.78, 5) is 32.2. The summed E-state index contributed by atoms with van der Waals surface area (Å²) in [7, 11) is 1.34. The van der Waals surface area contributed by atoms with Crippen molar-refractivity contribution in [3.8, 4) is 5.88 Å². The summed E-state index contributed by atoms with van der Waals surface area (Å²) >= 11 is 5.84. The predicted molar refractivity (Wildman–Crippen MR) is 162 cm³/mol. The van der Waals surface area contributed by atoms with Crippen molar-refractivity contribution in [2.45, 2.75) is 50.9 Å². The highest BCUT2D eigenvalue weighted by molar-refractivity contribution is 6.30. The monoisotopic (exact) mass is 610 g/mol. The van der Waals surface area contributed by atoms with E-state index < -0.39 is 11.8 Å². The van der Waals surface area contributed by atoms with Crippen molar-refractivity contribution in [3.05, 3.63) is 82.3 Å². The van der Waals surface area contributed by atoms with Gasteiger partial charge in [0.2, 0.25) is 11.8 Å². The van der Waals surface area contributed by atoms with E-state index in [1.165, 1.54) is 13.2 Å². The highest BCUT2D eigenvalue weighted by atomic mass is 35.5. The van der Waals surface area contributed by atoms with E-state index in [9.17, 15) is 14.0 Å². The second-order valence-electron chi connectivity index (χ2n) is 10.8. The summed E-state index contributed by atoms with van der Waals surface area (Å²) in [6.07, 6.45) is 2.75. The molecule has 2 unspecified atom stereocenters. The summed E-state index contributed by atoms with van der Waals surface area (Å²) in [6, 6.07) is 14.8. The first-order valence-corrected chi connectivity index (χ1v) is 14.8. The van der Waals surface area contributed by atoms with Gasteiger partial charge >= 0.3 is 5.97 Å². The standard InChI is InChI=1S/C32H36ClFN4O5/c1-20(31(39)37-28-9-7-22(32(40)41-2)16-29(28)35-18-25-12-15-42-25)38-13-10-21(11-14-38)27-4-3-5-30(36-27)43-19-23-6-8-24(33)17-26(23)34/h3-9,16-17,20-21,25,35H,10-15,18-19H2,1-2H3,(H,37,39). The Morgan fingerprint density at radius 1 is 1.12 bits per heavy atom. The van der Waals surface area contributed by atoms with Crippen LogP contribution in [0.25, 0.3) is 0 Å². The molecule has 1 amide bonds. The number of piperidine rings is 1. The molecular weight excluding hydrogens is 575 g/mol. The van der Waals surface area contributed by atoms with E-state index in [4.69, 9.17) is 25.8 Å². The molecule has 2 aliphatic heterocycles. The van der Waals surface area contributed by atoms with Crippen LogP contribution in [0, 0.1) is 5.82 Å². The minimum atomic E-state index is -0.445. The maximum atomic E-state index is 14.1. The second-order valence-corrected chi connectivity index (χ2v) is 11.3. The van der Waals surface area contributed by atoms with Crippen LogP contribution in [0.2, 0.25) is 5.02 Å². The molecule has 2 aliphatic rings. The van der Waals surface area contributed by atoms with Crippen LogP contribution in [0.5, 0.6) is 5.88 Å². The number of aromatic nitrogens is 1. The summed E-state index contributed by atoms with van der Waals surface area (Å²) < 4.78 is 30.2. The van der Waals surface area contributed by atoms with Crippen molar-refractivity contribution in [2.75, 3.05) is 44.0 Å². The number of hydrogen-bond donors (Lipinski definition) is 2. The first-order chi connectivity index (χ1) is 20.8. The Bertz CT molecular complexity index is 1450. The third kappa shape index (κ3) is 7.81. The molecule has 0 bridgehead atoms. The van der Waals surface area contributed by atoms with E-state index in [1.807, 2.05) is 19.1 Å². The number of benzene rings is 2. The lowest BCUT2D eigenvalue weighted by molar-refractivity contribution is -0.121. The Hall–Kier alpha value is -3.73. The number of hydrogen-bond acceptors (Lipinski definition) is 8. The van der Waals surface area contributed by atoms with Crippen molar-refractivity contribution in [2.24, 2.45) is 0 Å². The molecule has 43 heavy (non-hydrogen) atoms. The van der Waals surface area contributed by atoms with Gasteiger partial charge in [-0.25, -0.2) is 14.2 Å². The van der Waals surface area contributed by atoms with E-state index in [-0.39, 0.29) is 30.6 Å². The lowest BCUT2D eigenvalue weighted by Gasteiger charge is -2.35. The topological polar surface area (TPSA) is 102 Å². The number of amides is 1. The zero-order valence-corrected chi connectivity index (χ0v) is 25.0. The number of nitrogens with one attached hydrogen (secondary N) is 2. The van der Waals surface area contributed by atoms with Gasteiger partial charge in [-0.1, -0.05) is 23.7 Å². The number of likely N-dealkylation sites (tertiary alicyclic amines) is 1. The zero-order chi connectivity index (χ0) is 30.3. The third-order valence-electron chi connectivity index (χ3n) is 8.02. The van der Waals surface area contributed by atoms with Crippen LogP contribution in [0.4, 0.5) is 15.8 Å². The number of halogens is 2. The Morgan fingerprint density at radius 2 is 1.91 bits per heavy atom. The second kappa shape index (κ2) is 14.2. The van der Waals surface area contributed by atoms with Gasteiger partial charge in [0.1, 0.15) is 12.4 Å².